The average molecular weight is 231 g/mol. The van der Waals surface area contributed by atoms with Gasteiger partial charge in [0.25, 0.3) is 0 Å². The number of aliphatic carboxylic acids is 1. The van der Waals surface area contributed by atoms with Gasteiger partial charge in [0.1, 0.15) is 6.04 Å². The summed E-state index contributed by atoms with van der Waals surface area (Å²) >= 11 is 0. The Labute approximate surface area is 91.2 Å². The number of carboxylic acid groups (broad SMARTS) is 1. The van der Waals surface area contributed by atoms with Crippen molar-refractivity contribution in [2.75, 3.05) is 6.54 Å². The molecule has 0 aromatic carbocycles. The van der Waals surface area contributed by atoms with E-state index in [2.05, 4.69) is 10.6 Å². The first-order chi connectivity index (χ1) is 7.47. The first-order valence-corrected chi connectivity index (χ1v) is 4.45. The van der Waals surface area contributed by atoms with Gasteiger partial charge >= 0.3 is 5.97 Å². The Morgan fingerprint density at radius 3 is 2.44 bits per heavy atom. The molecule has 0 heterocycles. The summed E-state index contributed by atoms with van der Waals surface area (Å²) in [4.78, 5) is 42.0. The lowest BCUT2D eigenvalue weighted by atomic mass is 10.1. The summed E-state index contributed by atoms with van der Waals surface area (Å²) in [7, 11) is 0. The monoisotopic (exact) mass is 231 g/mol. The van der Waals surface area contributed by atoms with Gasteiger partial charge in [-0.1, -0.05) is 0 Å². The third kappa shape index (κ3) is 6.35. The van der Waals surface area contributed by atoms with Gasteiger partial charge in [-0.05, 0) is 6.42 Å². The zero-order valence-corrected chi connectivity index (χ0v) is 8.43. The van der Waals surface area contributed by atoms with E-state index in [1.807, 2.05) is 0 Å². The molecular formula is C8H13N3O5. The molecule has 5 N–H and O–H groups in total. The minimum atomic E-state index is -1.26. The second-order valence-electron chi connectivity index (χ2n) is 2.96. The summed E-state index contributed by atoms with van der Waals surface area (Å²) in [6, 6.07) is -1.19. The zero-order valence-electron chi connectivity index (χ0n) is 8.43. The third-order valence-electron chi connectivity index (χ3n) is 1.66. The van der Waals surface area contributed by atoms with Crippen molar-refractivity contribution in [2.45, 2.75) is 18.9 Å². The molecular weight excluding hydrogens is 218 g/mol. The van der Waals surface area contributed by atoms with E-state index in [-0.39, 0.29) is 19.4 Å². The average Bonchev–Trinajstić information content (AvgIpc) is 2.20. The van der Waals surface area contributed by atoms with Crippen molar-refractivity contribution in [3.8, 4) is 0 Å². The maximum atomic E-state index is 11.0. The molecule has 90 valence electrons. The van der Waals surface area contributed by atoms with Crippen LogP contribution in [-0.4, -0.2) is 41.9 Å². The standard InChI is InChI=1S/C8H13N3O5/c9-6(13)2-1-5(8(15)16)11-7(14)3-10-4-12/h4-5H,1-3H2,(H2,9,13)(H,10,12)(H,11,14)(H,15,16)/t5-/m0/s1. The fraction of sp³-hybridized carbons (Fsp3) is 0.500. The van der Waals surface area contributed by atoms with Gasteiger partial charge in [0.05, 0.1) is 6.54 Å². The minimum absolute atomic E-state index is 0.0858. The largest absolute Gasteiger partial charge is 0.480 e. The maximum absolute atomic E-state index is 11.0. The second kappa shape index (κ2) is 7.21. The second-order valence-corrected chi connectivity index (χ2v) is 2.96. The van der Waals surface area contributed by atoms with E-state index < -0.39 is 23.8 Å². The van der Waals surface area contributed by atoms with Crippen molar-refractivity contribution >= 4 is 24.2 Å². The molecule has 0 aliphatic rings. The van der Waals surface area contributed by atoms with Crippen LogP contribution in [0, 0.1) is 0 Å². The summed E-state index contributed by atoms with van der Waals surface area (Å²) in [5.74, 6) is -2.56. The lowest BCUT2D eigenvalue weighted by Gasteiger charge is -2.13. The fourth-order valence-electron chi connectivity index (χ4n) is 0.924. The van der Waals surface area contributed by atoms with E-state index in [0.717, 1.165) is 0 Å². The van der Waals surface area contributed by atoms with Crippen LogP contribution in [0.25, 0.3) is 0 Å². The quantitative estimate of drug-likeness (QED) is 0.344. The Kier molecular flexibility index (Phi) is 6.25. The molecule has 0 radical (unpaired) electrons. The van der Waals surface area contributed by atoms with Gasteiger partial charge in [-0.25, -0.2) is 4.79 Å². The lowest BCUT2D eigenvalue weighted by molar-refractivity contribution is -0.142. The number of carboxylic acids is 1. The SMILES string of the molecule is NC(=O)CC[C@H](NC(=O)CNC=O)C(=O)O. The van der Waals surface area contributed by atoms with Crippen LogP contribution in [0.15, 0.2) is 0 Å². The molecule has 0 rings (SSSR count). The first-order valence-electron chi connectivity index (χ1n) is 4.45. The Hall–Kier alpha value is -2.12. The van der Waals surface area contributed by atoms with Crippen LogP contribution in [0.4, 0.5) is 0 Å². The molecule has 1 atom stereocenters. The maximum Gasteiger partial charge on any atom is 0.326 e. The number of rotatable bonds is 8. The Morgan fingerprint density at radius 1 is 1.38 bits per heavy atom. The zero-order chi connectivity index (χ0) is 12.6. The normalized spacial score (nSPS) is 11.2. The number of hydrogen-bond donors (Lipinski definition) is 4. The predicted octanol–water partition coefficient (Wildman–Crippen LogP) is -2.43. The smallest absolute Gasteiger partial charge is 0.326 e. The van der Waals surface area contributed by atoms with Crippen molar-refractivity contribution < 1.29 is 24.3 Å². The van der Waals surface area contributed by atoms with Gasteiger partial charge < -0.3 is 21.5 Å². The highest BCUT2D eigenvalue weighted by Gasteiger charge is 2.19. The summed E-state index contributed by atoms with van der Waals surface area (Å²) in [6.45, 7) is -0.316. The highest BCUT2D eigenvalue weighted by atomic mass is 16.4. The summed E-state index contributed by atoms with van der Waals surface area (Å²) in [5.41, 5.74) is 4.85. The molecule has 0 aliphatic heterocycles. The molecule has 0 fully saturated rings. The number of nitrogens with two attached hydrogens (primary N) is 1. The Balaban J connectivity index is 4.11. The van der Waals surface area contributed by atoms with Gasteiger partial charge in [-0.3, -0.25) is 14.4 Å². The van der Waals surface area contributed by atoms with Crippen LogP contribution in [0.2, 0.25) is 0 Å². The highest BCUT2D eigenvalue weighted by molar-refractivity contribution is 5.86. The molecule has 0 saturated heterocycles. The van der Waals surface area contributed by atoms with Gasteiger partial charge in [-0.2, -0.15) is 0 Å². The summed E-state index contributed by atoms with van der Waals surface area (Å²) < 4.78 is 0. The molecule has 8 nitrogen and oxygen atoms in total. The fourth-order valence-corrected chi connectivity index (χ4v) is 0.924. The van der Waals surface area contributed by atoms with E-state index in [0.29, 0.717) is 6.41 Å². The lowest BCUT2D eigenvalue weighted by Crippen LogP contribution is -2.44. The molecule has 0 aromatic heterocycles. The number of nitrogens with one attached hydrogen (secondary N) is 2. The van der Waals surface area contributed by atoms with Gasteiger partial charge in [-0.15, -0.1) is 0 Å². The van der Waals surface area contributed by atoms with E-state index in [1.54, 1.807) is 0 Å². The van der Waals surface area contributed by atoms with Crippen molar-refractivity contribution in [1.29, 1.82) is 0 Å². The molecule has 0 saturated carbocycles. The molecule has 0 bridgehead atoms. The summed E-state index contributed by atoms with van der Waals surface area (Å²) in [5, 5.41) is 12.9. The number of carbonyl (C=O) groups is 4. The van der Waals surface area contributed by atoms with Crippen LogP contribution in [0.3, 0.4) is 0 Å². The van der Waals surface area contributed by atoms with E-state index in [4.69, 9.17) is 10.8 Å². The molecule has 0 aromatic rings. The number of amides is 3. The van der Waals surface area contributed by atoms with E-state index >= 15 is 0 Å². The number of carbonyl (C=O) groups excluding carboxylic acids is 3. The van der Waals surface area contributed by atoms with Crippen LogP contribution in [0.1, 0.15) is 12.8 Å². The highest BCUT2D eigenvalue weighted by Crippen LogP contribution is 1.96. The molecule has 16 heavy (non-hydrogen) atoms. The molecule has 0 spiro atoms. The first kappa shape index (κ1) is 13.9. The Morgan fingerprint density at radius 2 is 2.00 bits per heavy atom. The van der Waals surface area contributed by atoms with Gasteiger partial charge in [0, 0.05) is 6.42 Å². The molecule has 0 unspecified atom stereocenters. The summed E-state index contributed by atoms with van der Waals surface area (Å²) in [6.07, 6.45) is 0.0919. The topological polar surface area (TPSA) is 139 Å². The van der Waals surface area contributed by atoms with E-state index in [9.17, 15) is 19.2 Å². The Bertz CT molecular complexity index is 291. The van der Waals surface area contributed by atoms with Crippen molar-refractivity contribution in [1.82, 2.24) is 10.6 Å². The number of primary amides is 1. The van der Waals surface area contributed by atoms with E-state index in [1.165, 1.54) is 0 Å². The van der Waals surface area contributed by atoms with Crippen LogP contribution >= 0.6 is 0 Å². The van der Waals surface area contributed by atoms with Gasteiger partial charge in [0.2, 0.25) is 18.2 Å². The van der Waals surface area contributed by atoms with Crippen molar-refractivity contribution in [3.63, 3.8) is 0 Å². The molecule has 3 amide bonds. The van der Waals surface area contributed by atoms with Gasteiger partial charge in [0.15, 0.2) is 0 Å². The number of hydrogen-bond acceptors (Lipinski definition) is 4. The molecule has 8 heteroatoms. The van der Waals surface area contributed by atoms with Crippen LogP contribution in [-0.2, 0) is 19.2 Å². The van der Waals surface area contributed by atoms with Crippen molar-refractivity contribution in [2.24, 2.45) is 5.73 Å². The van der Waals surface area contributed by atoms with Crippen molar-refractivity contribution in [3.05, 3.63) is 0 Å². The van der Waals surface area contributed by atoms with Crippen LogP contribution in [0.5, 0.6) is 0 Å². The minimum Gasteiger partial charge on any atom is -0.480 e. The van der Waals surface area contributed by atoms with Crippen LogP contribution < -0.4 is 16.4 Å². The third-order valence-corrected chi connectivity index (χ3v) is 1.66. The predicted molar refractivity (Wildman–Crippen MR) is 52.1 cm³/mol. The molecule has 0 aliphatic carbocycles.